The molecular weight excluding hydrogens is 377 g/mol. The average Bonchev–Trinajstić information content (AvgIpc) is 2.70. The van der Waals surface area contributed by atoms with Crippen molar-refractivity contribution in [2.45, 2.75) is 77.9 Å². The normalized spacial score (nSPS) is 16.7. The van der Waals surface area contributed by atoms with Crippen LogP contribution in [0.15, 0.2) is 29.0 Å². The zero-order valence-corrected chi connectivity index (χ0v) is 18.0. The molecule has 28 heavy (non-hydrogen) atoms. The molecule has 0 radical (unpaired) electrons. The largest absolute Gasteiger partial charge is 0.575 e. The van der Waals surface area contributed by atoms with Crippen LogP contribution in [-0.4, -0.2) is 24.7 Å². The fraction of sp³-hybridized carbons (Fsp3) is 0.667. The van der Waals surface area contributed by atoms with E-state index in [0.717, 1.165) is 31.4 Å². The Hall–Kier alpha value is -1.65. The first kappa shape index (κ1) is 22.6. The molecule has 0 aliphatic heterocycles. The summed E-state index contributed by atoms with van der Waals surface area (Å²) in [5.41, 5.74) is 0. The van der Waals surface area contributed by atoms with Crippen molar-refractivity contribution in [2.75, 3.05) is 6.61 Å². The summed E-state index contributed by atoms with van der Waals surface area (Å²) in [4.78, 5) is 24.1. The number of carbonyl (C=O) groups excluding carboxylic acids is 1. The monoisotopic (exact) mass is 409 g/mol. The third-order valence-electron chi connectivity index (χ3n) is 5.09. The molecule has 6 nitrogen and oxygen atoms in total. The van der Waals surface area contributed by atoms with Gasteiger partial charge in [-0.2, -0.15) is 0 Å². The van der Waals surface area contributed by atoms with Gasteiger partial charge in [0.1, 0.15) is 5.75 Å². The Morgan fingerprint density at radius 1 is 1.14 bits per heavy atom. The molecule has 0 saturated heterocycles. The molecule has 0 spiro atoms. The molecule has 7 heteroatoms. The molecule has 0 amide bonds. The number of hydrogen-bond donors (Lipinski definition) is 0. The van der Waals surface area contributed by atoms with Crippen LogP contribution in [0.3, 0.4) is 0 Å². The number of nitrogens with zero attached hydrogens (tertiary/aromatic N) is 1. The van der Waals surface area contributed by atoms with E-state index in [4.69, 9.17) is 14.0 Å². The van der Waals surface area contributed by atoms with Gasteiger partial charge in [-0.1, -0.05) is 37.9 Å². The quantitative estimate of drug-likeness (QED) is 0.401. The number of rotatable bonds is 10. The fourth-order valence-electron chi connectivity index (χ4n) is 3.10. The van der Waals surface area contributed by atoms with Crippen LogP contribution in [0.4, 0.5) is 0 Å². The van der Waals surface area contributed by atoms with Crippen LogP contribution in [0.1, 0.15) is 65.7 Å². The Morgan fingerprint density at radius 2 is 1.75 bits per heavy atom. The van der Waals surface area contributed by atoms with Crippen molar-refractivity contribution in [3.05, 3.63) is 24.3 Å². The van der Waals surface area contributed by atoms with Gasteiger partial charge in [-0.3, -0.25) is 4.52 Å². The van der Waals surface area contributed by atoms with E-state index in [0.29, 0.717) is 18.3 Å². The number of hydrogen-bond acceptors (Lipinski definition) is 6. The van der Waals surface area contributed by atoms with Gasteiger partial charge in [0.15, 0.2) is 11.8 Å². The predicted octanol–water partition coefficient (Wildman–Crippen LogP) is 5.00. The van der Waals surface area contributed by atoms with E-state index >= 15 is 0 Å². The van der Waals surface area contributed by atoms with Crippen LogP contribution in [0.25, 0.3) is 0 Å². The molecule has 2 rings (SSSR count). The Balaban J connectivity index is 1.81. The maximum atomic E-state index is 12.1. The fourth-order valence-corrected chi connectivity index (χ4v) is 3.83. The minimum absolute atomic E-state index is 0.277. The van der Waals surface area contributed by atoms with Crippen molar-refractivity contribution in [2.24, 2.45) is 10.7 Å². The first-order valence-corrected chi connectivity index (χ1v) is 11.4. The Kier molecular flexibility index (Phi) is 9.72. The highest BCUT2D eigenvalue weighted by molar-refractivity contribution is 7.34. The van der Waals surface area contributed by atoms with Crippen LogP contribution in [0, 0.1) is 5.92 Å². The molecule has 1 aromatic rings. The molecule has 1 unspecified atom stereocenters. The van der Waals surface area contributed by atoms with Crippen LogP contribution in [0.2, 0.25) is 0 Å². The minimum Gasteiger partial charge on any atom is -0.575 e. The van der Waals surface area contributed by atoms with Gasteiger partial charge in [0.2, 0.25) is 0 Å². The van der Waals surface area contributed by atoms with Crippen molar-refractivity contribution in [1.82, 2.24) is 0 Å². The molecule has 0 bridgehead atoms. The van der Waals surface area contributed by atoms with Gasteiger partial charge >= 0.3 is 14.1 Å². The van der Waals surface area contributed by atoms with Crippen LogP contribution in [0.5, 0.6) is 11.5 Å². The Morgan fingerprint density at radius 3 is 2.36 bits per heavy atom. The lowest BCUT2D eigenvalue weighted by Gasteiger charge is -2.22. The van der Waals surface area contributed by atoms with Gasteiger partial charge in [-0.15, -0.1) is 0 Å². The lowest BCUT2D eigenvalue weighted by Crippen LogP contribution is -2.21. The van der Waals surface area contributed by atoms with Gasteiger partial charge < -0.3 is 14.4 Å². The number of ether oxygens (including phenoxy) is 2. The van der Waals surface area contributed by atoms with Crippen molar-refractivity contribution in [3.8, 4) is 11.5 Å². The summed E-state index contributed by atoms with van der Waals surface area (Å²) in [7, 11) is -2.35. The van der Waals surface area contributed by atoms with Gasteiger partial charge in [-0.25, -0.2) is 4.79 Å². The molecule has 0 heterocycles. The van der Waals surface area contributed by atoms with E-state index in [1.807, 2.05) is 0 Å². The van der Waals surface area contributed by atoms with Crippen LogP contribution >= 0.6 is 8.17 Å². The van der Waals surface area contributed by atoms with Crippen LogP contribution < -0.4 is 14.2 Å². The molecule has 2 atom stereocenters. The second-order valence-electron chi connectivity index (χ2n) is 7.28. The summed E-state index contributed by atoms with van der Waals surface area (Å²) in [6.45, 7) is 6.05. The van der Waals surface area contributed by atoms with Gasteiger partial charge in [-0.05, 0) is 62.8 Å². The first-order valence-electron chi connectivity index (χ1n) is 10.3. The maximum Gasteiger partial charge on any atom is 0.395 e. The molecule has 1 aromatic carbocycles. The molecule has 0 aromatic heterocycles. The molecule has 0 N–H and O–H groups in total. The second kappa shape index (κ2) is 12.0. The van der Waals surface area contributed by atoms with E-state index in [-0.39, 0.29) is 6.10 Å². The highest BCUT2D eigenvalue weighted by Crippen LogP contribution is 2.28. The molecule has 1 saturated carbocycles. The van der Waals surface area contributed by atoms with E-state index in [9.17, 15) is 9.69 Å². The molecule has 1 fully saturated rings. The van der Waals surface area contributed by atoms with Crippen molar-refractivity contribution in [1.29, 1.82) is 0 Å². The van der Waals surface area contributed by atoms with Crippen LogP contribution in [-0.2, 0) is 9.53 Å². The minimum atomic E-state index is -2.35. The van der Waals surface area contributed by atoms with Crippen molar-refractivity contribution >= 4 is 14.1 Å². The predicted molar refractivity (Wildman–Crippen MR) is 108 cm³/mol. The molecule has 1 aliphatic rings. The van der Waals surface area contributed by atoms with E-state index in [1.165, 1.54) is 19.3 Å². The Labute approximate surface area is 169 Å². The number of esters is 1. The highest BCUT2D eigenvalue weighted by atomic mass is 31.1. The standard InChI is InChI=1S/C21H32NO5P/c1-4-17(5-2)15-25-21(23)16(3)22-28(24)27-20-13-11-19(12-14-20)26-18-9-7-6-8-10-18/h11-14,16-18H,4-10,15H2,1-3H3/t16-/m0/s1. The average molecular weight is 409 g/mol. The summed E-state index contributed by atoms with van der Waals surface area (Å²) >= 11 is 0. The lowest BCUT2D eigenvalue weighted by atomic mass is 9.98. The van der Waals surface area contributed by atoms with E-state index < -0.39 is 20.2 Å². The summed E-state index contributed by atoms with van der Waals surface area (Å²) < 4.78 is 20.4. The summed E-state index contributed by atoms with van der Waals surface area (Å²) in [6.07, 6.45) is 8.08. The van der Waals surface area contributed by atoms with Gasteiger partial charge in [0, 0.05) is 0 Å². The van der Waals surface area contributed by atoms with Gasteiger partial charge in [0.05, 0.1) is 12.7 Å². The molecular formula is C21H32NO5P. The third kappa shape index (κ3) is 7.76. The highest BCUT2D eigenvalue weighted by Gasteiger charge is 2.20. The SMILES string of the molecule is CCC(CC)COC(=O)[C@H](C)N=[P+]([O-])Oc1ccc(OC2CCCCC2)cc1. The summed E-state index contributed by atoms with van der Waals surface area (Å²) in [5.74, 6) is 1.08. The number of benzene rings is 1. The van der Waals surface area contributed by atoms with E-state index in [2.05, 4.69) is 18.6 Å². The summed E-state index contributed by atoms with van der Waals surface area (Å²) in [5, 5.41) is 0. The van der Waals surface area contributed by atoms with Gasteiger partial charge in [0.25, 0.3) is 0 Å². The lowest BCUT2D eigenvalue weighted by molar-refractivity contribution is -0.169. The van der Waals surface area contributed by atoms with Crippen molar-refractivity contribution < 1.29 is 23.7 Å². The summed E-state index contributed by atoms with van der Waals surface area (Å²) in [6, 6.07) is 6.20. The molecule has 156 valence electrons. The zero-order valence-electron chi connectivity index (χ0n) is 17.1. The Bertz CT molecular complexity index is 624. The number of carbonyl (C=O) groups is 1. The zero-order chi connectivity index (χ0) is 20.4. The first-order chi connectivity index (χ1) is 13.5. The maximum absolute atomic E-state index is 12.1. The molecule has 1 aliphatic carbocycles. The van der Waals surface area contributed by atoms with Crippen molar-refractivity contribution in [3.63, 3.8) is 0 Å². The second-order valence-corrected chi connectivity index (χ2v) is 8.17. The smallest absolute Gasteiger partial charge is 0.395 e. The van der Waals surface area contributed by atoms with E-state index in [1.54, 1.807) is 31.2 Å². The third-order valence-corrected chi connectivity index (χ3v) is 5.99. The topological polar surface area (TPSA) is 80.2 Å².